The molecule has 0 spiro atoms. The molecule has 0 fully saturated rings. The lowest BCUT2D eigenvalue weighted by Gasteiger charge is -2.09. The predicted octanol–water partition coefficient (Wildman–Crippen LogP) is 2.23. The van der Waals surface area contributed by atoms with E-state index in [9.17, 15) is 22.8 Å². The zero-order chi connectivity index (χ0) is 16.9. The van der Waals surface area contributed by atoms with Crippen LogP contribution in [-0.2, 0) is 4.79 Å². The van der Waals surface area contributed by atoms with Crippen molar-refractivity contribution in [3.8, 4) is 6.07 Å². The summed E-state index contributed by atoms with van der Waals surface area (Å²) in [4.78, 5) is 26.8. The van der Waals surface area contributed by atoms with Crippen LogP contribution >= 0.6 is 11.8 Å². The van der Waals surface area contributed by atoms with E-state index in [1.54, 1.807) is 12.2 Å². The molecular formula is C13H12F3N3O2S. The highest BCUT2D eigenvalue weighted by atomic mass is 32.2. The standard InChI is InChI=1S/C13H12F3N3O2S/c1-7-10(8(2)20)3-9(4-17)12(19-7)22-5-11(21)18-6-13(14,15)16/h3H,5-6H2,1-2H3,(H,18,21). The van der Waals surface area contributed by atoms with Gasteiger partial charge in [-0.1, -0.05) is 11.8 Å². The van der Waals surface area contributed by atoms with Crippen molar-refractivity contribution >= 4 is 23.5 Å². The smallest absolute Gasteiger partial charge is 0.346 e. The fraction of sp³-hybridized carbons (Fsp3) is 0.385. The number of nitrogens with zero attached hydrogens (tertiary/aromatic N) is 2. The average molecular weight is 331 g/mol. The van der Waals surface area contributed by atoms with Crippen LogP contribution in [0.4, 0.5) is 13.2 Å². The average Bonchev–Trinajstić information content (AvgIpc) is 2.41. The van der Waals surface area contributed by atoms with Crippen LogP contribution in [0.25, 0.3) is 0 Å². The summed E-state index contributed by atoms with van der Waals surface area (Å²) in [6.07, 6.45) is -4.48. The van der Waals surface area contributed by atoms with E-state index in [1.165, 1.54) is 13.0 Å². The number of rotatable bonds is 5. The van der Waals surface area contributed by atoms with E-state index in [0.29, 0.717) is 11.3 Å². The second-order valence-corrected chi connectivity index (χ2v) is 5.29. The molecule has 0 saturated carbocycles. The van der Waals surface area contributed by atoms with Crippen molar-refractivity contribution in [3.05, 3.63) is 22.9 Å². The highest BCUT2D eigenvalue weighted by Crippen LogP contribution is 2.23. The lowest BCUT2D eigenvalue weighted by Crippen LogP contribution is -2.34. The Morgan fingerprint density at radius 2 is 2.09 bits per heavy atom. The number of thioether (sulfide) groups is 1. The van der Waals surface area contributed by atoms with Crippen molar-refractivity contribution in [1.82, 2.24) is 10.3 Å². The molecule has 1 amide bonds. The molecule has 0 atom stereocenters. The lowest BCUT2D eigenvalue weighted by atomic mass is 10.1. The number of aromatic nitrogens is 1. The predicted molar refractivity (Wildman–Crippen MR) is 73.5 cm³/mol. The highest BCUT2D eigenvalue weighted by Gasteiger charge is 2.27. The molecule has 1 aromatic heterocycles. The van der Waals surface area contributed by atoms with Crippen molar-refractivity contribution < 1.29 is 22.8 Å². The maximum atomic E-state index is 12.0. The number of nitriles is 1. The van der Waals surface area contributed by atoms with Crippen LogP contribution in [0, 0.1) is 18.3 Å². The van der Waals surface area contributed by atoms with Gasteiger partial charge < -0.3 is 5.32 Å². The van der Waals surface area contributed by atoms with Gasteiger partial charge in [0.25, 0.3) is 0 Å². The van der Waals surface area contributed by atoms with E-state index >= 15 is 0 Å². The molecule has 0 aromatic carbocycles. The summed E-state index contributed by atoms with van der Waals surface area (Å²) in [5.74, 6) is -1.38. The Kier molecular flexibility index (Phi) is 5.93. The van der Waals surface area contributed by atoms with Gasteiger partial charge in [0.05, 0.1) is 11.3 Å². The second kappa shape index (κ2) is 7.26. The number of carbonyl (C=O) groups is 2. The summed E-state index contributed by atoms with van der Waals surface area (Å²) in [5.41, 5.74) is 0.788. The Morgan fingerprint density at radius 1 is 1.45 bits per heavy atom. The Morgan fingerprint density at radius 3 is 2.59 bits per heavy atom. The quantitative estimate of drug-likeness (QED) is 0.661. The molecule has 1 heterocycles. The molecule has 0 unspecified atom stereocenters. The maximum Gasteiger partial charge on any atom is 0.405 e. The van der Waals surface area contributed by atoms with Crippen LogP contribution in [0.5, 0.6) is 0 Å². The van der Waals surface area contributed by atoms with Gasteiger partial charge in [-0.2, -0.15) is 18.4 Å². The molecule has 118 valence electrons. The largest absolute Gasteiger partial charge is 0.405 e. The molecular weight excluding hydrogens is 319 g/mol. The number of Topliss-reactive ketones (excluding diaryl/α,β-unsaturated/α-hetero) is 1. The number of ketones is 1. The summed E-state index contributed by atoms with van der Waals surface area (Å²) < 4.78 is 35.9. The van der Waals surface area contributed by atoms with Crippen molar-refractivity contribution in [1.29, 1.82) is 5.26 Å². The fourth-order valence-electron chi connectivity index (χ4n) is 1.51. The molecule has 22 heavy (non-hydrogen) atoms. The van der Waals surface area contributed by atoms with Crippen LogP contribution in [0.1, 0.15) is 28.5 Å². The first kappa shape index (κ1) is 18.0. The van der Waals surface area contributed by atoms with Gasteiger partial charge in [-0.05, 0) is 19.9 Å². The minimum absolute atomic E-state index is 0.101. The van der Waals surface area contributed by atoms with Gasteiger partial charge in [0.2, 0.25) is 5.91 Å². The van der Waals surface area contributed by atoms with E-state index in [4.69, 9.17) is 5.26 Å². The monoisotopic (exact) mass is 331 g/mol. The molecule has 1 N–H and O–H groups in total. The molecule has 0 radical (unpaired) electrons. The van der Waals surface area contributed by atoms with E-state index in [-0.39, 0.29) is 22.1 Å². The van der Waals surface area contributed by atoms with Gasteiger partial charge >= 0.3 is 6.18 Å². The number of carbonyl (C=O) groups excluding carboxylic acids is 2. The van der Waals surface area contributed by atoms with Crippen molar-refractivity contribution in [2.24, 2.45) is 0 Å². The van der Waals surface area contributed by atoms with Crippen molar-refractivity contribution in [2.75, 3.05) is 12.3 Å². The SMILES string of the molecule is CC(=O)c1cc(C#N)c(SCC(=O)NCC(F)(F)F)nc1C. The Hall–Kier alpha value is -2.08. The Balaban J connectivity index is 2.78. The number of pyridine rings is 1. The molecule has 0 aliphatic carbocycles. The van der Waals surface area contributed by atoms with Gasteiger partial charge in [0.1, 0.15) is 17.6 Å². The van der Waals surface area contributed by atoms with Gasteiger partial charge in [0, 0.05) is 11.3 Å². The van der Waals surface area contributed by atoms with Crippen LogP contribution < -0.4 is 5.32 Å². The number of aryl methyl sites for hydroxylation is 1. The molecule has 0 saturated heterocycles. The van der Waals surface area contributed by atoms with E-state index in [1.807, 2.05) is 6.07 Å². The summed E-state index contributed by atoms with van der Waals surface area (Å²) in [6, 6.07) is 3.21. The molecule has 1 aromatic rings. The summed E-state index contributed by atoms with van der Waals surface area (Å²) in [7, 11) is 0. The minimum Gasteiger partial charge on any atom is -0.346 e. The van der Waals surface area contributed by atoms with Crippen molar-refractivity contribution in [2.45, 2.75) is 25.0 Å². The van der Waals surface area contributed by atoms with Gasteiger partial charge in [0.15, 0.2) is 5.78 Å². The maximum absolute atomic E-state index is 12.0. The van der Waals surface area contributed by atoms with Gasteiger partial charge in [-0.15, -0.1) is 0 Å². The third-order valence-electron chi connectivity index (χ3n) is 2.50. The normalized spacial score (nSPS) is 10.9. The zero-order valence-corrected chi connectivity index (χ0v) is 12.6. The van der Waals surface area contributed by atoms with Gasteiger partial charge in [-0.3, -0.25) is 9.59 Å². The number of alkyl halides is 3. The molecule has 9 heteroatoms. The first-order chi connectivity index (χ1) is 10.1. The fourth-order valence-corrected chi connectivity index (χ4v) is 2.34. The van der Waals surface area contributed by atoms with E-state index in [2.05, 4.69) is 4.98 Å². The third-order valence-corrected chi connectivity index (χ3v) is 3.50. The van der Waals surface area contributed by atoms with E-state index in [0.717, 1.165) is 11.8 Å². The van der Waals surface area contributed by atoms with Crippen LogP contribution in [-0.4, -0.2) is 35.1 Å². The second-order valence-electron chi connectivity index (χ2n) is 4.32. The first-order valence-corrected chi connectivity index (χ1v) is 7.01. The minimum atomic E-state index is -4.48. The molecule has 5 nitrogen and oxygen atoms in total. The molecule has 0 aliphatic rings. The number of amides is 1. The summed E-state index contributed by atoms with van der Waals surface area (Å²) in [5, 5.41) is 11.0. The van der Waals surface area contributed by atoms with Crippen LogP contribution in [0.3, 0.4) is 0 Å². The molecule has 1 rings (SSSR count). The topological polar surface area (TPSA) is 82.8 Å². The van der Waals surface area contributed by atoms with Crippen molar-refractivity contribution in [3.63, 3.8) is 0 Å². The molecule has 0 bridgehead atoms. The van der Waals surface area contributed by atoms with E-state index < -0.39 is 18.6 Å². The third kappa shape index (κ3) is 5.37. The molecule has 0 aliphatic heterocycles. The summed E-state index contributed by atoms with van der Waals surface area (Å²) >= 11 is 0.841. The number of hydrogen-bond donors (Lipinski definition) is 1. The summed E-state index contributed by atoms with van der Waals surface area (Å²) in [6.45, 7) is 1.50. The highest BCUT2D eigenvalue weighted by molar-refractivity contribution is 8.00. The lowest BCUT2D eigenvalue weighted by molar-refractivity contribution is -0.136. The zero-order valence-electron chi connectivity index (χ0n) is 11.7. The first-order valence-electron chi connectivity index (χ1n) is 6.03. The van der Waals surface area contributed by atoms with Crippen LogP contribution in [0.15, 0.2) is 11.1 Å². The number of nitrogens with one attached hydrogen (secondary N) is 1. The van der Waals surface area contributed by atoms with Gasteiger partial charge in [-0.25, -0.2) is 4.98 Å². The van der Waals surface area contributed by atoms with Crippen LogP contribution in [0.2, 0.25) is 0 Å². The number of halogens is 3. The Labute approximate surface area is 128 Å². The Bertz CT molecular complexity index is 639. The number of hydrogen-bond acceptors (Lipinski definition) is 5.